The van der Waals surface area contributed by atoms with Crippen molar-refractivity contribution in [3.8, 4) is 22.4 Å². The van der Waals surface area contributed by atoms with Gasteiger partial charge in [-0.2, -0.15) is 9.61 Å². The van der Waals surface area contributed by atoms with Gasteiger partial charge in [0.25, 0.3) is 5.91 Å². The fourth-order valence-electron chi connectivity index (χ4n) is 5.29. The SMILES string of the molecule is CC(=O)Nc1nnc(C(=O)N(C(C)C)C(C)CCc2nc3c(-c4ccc(-c5ccccc5)nc4)cnn3c(N)c2S(C)(=O)=O)[nH]1. The number of nitrogens with zero attached hydrogens (tertiary/aromatic N) is 7. The Kier molecular flexibility index (Phi) is 8.64. The number of hydrogen-bond acceptors (Lipinski definition) is 10. The Labute approximate surface area is 260 Å². The highest BCUT2D eigenvalue weighted by Crippen LogP contribution is 2.31. The number of carbonyl (C=O) groups is 2. The van der Waals surface area contributed by atoms with Crippen LogP contribution >= 0.6 is 0 Å². The van der Waals surface area contributed by atoms with Crippen molar-refractivity contribution in [2.45, 2.75) is 57.5 Å². The van der Waals surface area contributed by atoms with Gasteiger partial charge < -0.3 is 15.6 Å². The van der Waals surface area contributed by atoms with Crippen LogP contribution in [0.3, 0.4) is 0 Å². The lowest BCUT2D eigenvalue weighted by molar-refractivity contribution is -0.114. The van der Waals surface area contributed by atoms with Crippen molar-refractivity contribution >= 4 is 39.1 Å². The molecular weight excluding hydrogens is 596 g/mol. The van der Waals surface area contributed by atoms with Crippen LogP contribution in [0.15, 0.2) is 59.8 Å². The van der Waals surface area contributed by atoms with Gasteiger partial charge in [-0.3, -0.25) is 19.9 Å². The highest BCUT2D eigenvalue weighted by atomic mass is 32.2. The fourth-order valence-corrected chi connectivity index (χ4v) is 6.33. The molecule has 4 N–H and O–H groups in total. The molecule has 0 radical (unpaired) electrons. The number of nitrogen functional groups attached to an aromatic ring is 1. The standard InChI is InChI=1S/C30H34N10O4S/c1-17(2)39(29(42)27-36-30(38-37-27)34-19(4)41)18(3)11-13-24-25(45(5,43)44)26(31)40-28(35-24)22(16-33-40)21-12-14-23(32-15-21)20-9-7-6-8-10-20/h6-10,12,14-18H,11,13,31H2,1-5H3,(H2,34,36,37,38,41). The van der Waals surface area contributed by atoms with Crippen LogP contribution in [0, 0.1) is 0 Å². The minimum Gasteiger partial charge on any atom is -0.382 e. The summed E-state index contributed by atoms with van der Waals surface area (Å²) in [7, 11) is -3.80. The van der Waals surface area contributed by atoms with Gasteiger partial charge in [0.1, 0.15) is 10.7 Å². The van der Waals surface area contributed by atoms with Crippen LogP contribution < -0.4 is 11.1 Å². The summed E-state index contributed by atoms with van der Waals surface area (Å²) in [6.07, 6.45) is 4.94. The number of H-pyrrole nitrogens is 1. The Balaban J connectivity index is 1.46. The molecule has 1 atom stereocenters. The number of hydrogen-bond donors (Lipinski definition) is 3. The monoisotopic (exact) mass is 630 g/mol. The molecule has 5 rings (SSSR count). The van der Waals surface area contributed by atoms with Gasteiger partial charge in [0.15, 0.2) is 15.5 Å². The summed E-state index contributed by atoms with van der Waals surface area (Å²) in [6, 6.07) is 13.0. The zero-order valence-electron chi connectivity index (χ0n) is 25.5. The Morgan fingerprint density at radius 1 is 1.04 bits per heavy atom. The van der Waals surface area contributed by atoms with E-state index in [1.54, 1.807) is 17.3 Å². The Morgan fingerprint density at radius 3 is 2.40 bits per heavy atom. The van der Waals surface area contributed by atoms with Gasteiger partial charge in [-0.15, -0.1) is 10.2 Å². The third-order valence-electron chi connectivity index (χ3n) is 7.27. The molecule has 1 aromatic carbocycles. The second-order valence-corrected chi connectivity index (χ2v) is 13.0. The topological polar surface area (TPSA) is 194 Å². The van der Waals surface area contributed by atoms with Crippen molar-refractivity contribution in [2.24, 2.45) is 0 Å². The van der Waals surface area contributed by atoms with Crippen molar-refractivity contribution in [1.82, 2.24) is 39.7 Å². The smallest absolute Gasteiger partial charge is 0.292 e. The van der Waals surface area contributed by atoms with Crippen LogP contribution in [0.1, 0.15) is 50.4 Å². The molecule has 15 heteroatoms. The molecule has 0 bridgehead atoms. The van der Waals surface area contributed by atoms with Crippen LogP contribution in [-0.4, -0.2) is 78.2 Å². The first kappa shape index (κ1) is 31.3. The third-order valence-corrected chi connectivity index (χ3v) is 8.46. The van der Waals surface area contributed by atoms with E-state index >= 15 is 0 Å². The highest BCUT2D eigenvalue weighted by Gasteiger charge is 2.29. The minimum atomic E-state index is -3.80. The van der Waals surface area contributed by atoms with Gasteiger partial charge in [0, 0.05) is 48.2 Å². The number of fused-ring (bicyclic) bond motifs is 1. The highest BCUT2D eigenvalue weighted by molar-refractivity contribution is 7.91. The molecule has 5 aromatic rings. The van der Waals surface area contributed by atoms with E-state index in [-0.39, 0.29) is 52.6 Å². The molecular formula is C30H34N10O4S. The van der Waals surface area contributed by atoms with Crippen LogP contribution in [0.25, 0.3) is 28.0 Å². The average molecular weight is 631 g/mol. The predicted molar refractivity (Wildman–Crippen MR) is 169 cm³/mol. The molecule has 0 fully saturated rings. The largest absolute Gasteiger partial charge is 0.382 e. The number of nitrogens with one attached hydrogen (secondary N) is 2. The molecule has 14 nitrogen and oxygen atoms in total. The number of rotatable bonds is 10. The number of aromatic nitrogens is 7. The molecule has 0 aliphatic carbocycles. The van der Waals surface area contributed by atoms with E-state index < -0.39 is 15.7 Å². The van der Waals surface area contributed by atoms with E-state index in [1.165, 1.54) is 11.4 Å². The summed E-state index contributed by atoms with van der Waals surface area (Å²) in [5, 5.41) is 14.5. The molecule has 0 aliphatic heterocycles. The molecule has 0 aliphatic rings. The zero-order chi connectivity index (χ0) is 32.5. The number of benzene rings is 1. The van der Waals surface area contributed by atoms with Crippen LogP contribution in [0.2, 0.25) is 0 Å². The molecule has 45 heavy (non-hydrogen) atoms. The minimum absolute atomic E-state index is 0.0318. The summed E-state index contributed by atoms with van der Waals surface area (Å²) in [4.78, 5) is 38.4. The maximum Gasteiger partial charge on any atom is 0.292 e. The second kappa shape index (κ2) is 12.4. The summed E-state index contributed by atoms with van der Waals surface area (Å²) in [5.74, 6) is -0.789. The van der Waals surface area contributed by atoms with E-state index in [9.17, 15) is 18.0 Å². The molecule has 2 amide bonds. The number of nitrogens with two attached hydrogens (primary N) is 1. The summed E-state index contributed by atoms with van der Waals surface area (Å²) >= 11 is 0. The molecule has 234 valence electrons. The number of aryl methyl sites for hydroxylation is 1. The van der Waals surface area contributed by atoms with Gasteiger partial charge in [-0.05, 0) is 39.7 Å². The number of pyridine rings is 1. The Morgan fingerprint density at radius 2 is 1.78 bits per heavy atom. The first-order valence-electron chi connectivity index (χ1n) is 14.3. The lowest BCUT2D eigenvalue weighted by Crippen LogP contribution is -2.44. The molecule has 4 aromatic heterocycles. The lowest BCUT2D eigenvalue weighted by atomic mass is 10.1. The van der Waals surface area contributed by atoms with Crippen molar-refractivity contribution in [3.63, 3.8) is 0 Å². The number of amides is 2. The maximum absolute atomic E-state index is 13.4. The van der Waals surface area contributed by atoms with Crippen LogP contribution in [-0.2, 0) is 21.1 Å². The van der Waals surface area contributed by atoms with Gasteiger partial charge >= 0.3 is 0 Å². The third kappa shape index (κ3) is 6.52. The first-order valence-corrected chi connectivity index (χ1v) is 16.1. The van der Waals surface area contributed by atoms with E-state index in [1.807, 2.05) is 63.2 Å². The molecule has 0 saturated heterocycles. The second-order valence-electron chi connectivity index (χ2n) is 11.0. The Hall–Kier alpha value is -5.18. The summed E-state index contributed by atoms with van der Waals surface area (Å²) in [6.45, 7) is 6.90. The van der Waals surface area contributed by atoms with Crippen molar-refractivity contribution in [2.75, 3.05) is 17.3 Å². The number of aromatic amines is 1. The van der Waals surface area contributed by atoms with E-state index in [0.29, 0.717) is 17.6 Å². The Bertz CT molecular complexity index is 1970. The molecule has 0 saturated carbocycles. The summed E-state index contributed by atoms with van der Waals surface area (Å²) < 4.78 is 27.2. The fraction of sp³-hybridized carbons (Fsp3) is 0.300. The maximum atomic E-state index is 13.4. The van der Waals surface area contributed by atoms with Crippen molar-refractivity contribution in [3.05, 3.63) is 66.4 Å². The normalized spacial score (nSPS) is 12.4. The van der Waals surface area contributed by atoms with Gasteiger partial charge in [0.2, 0.25) is 17.7 Å². The number of anilines is 2. The van der Waals surface area contributed by atoms with Gasteiger partial charge in [-0.25, -0.2) is 13.4 Å². The van der Waals surface area contributed by atoms with Crippen molar-refractivity contribution < 1.29 is 18.0 Å². The van der Waals surface area contributed by atoms with Crippen molar-refractivity contribution in [1.29, 1.82) is 0 Å². The summed E-state index contributed by atoms with van der Waals surface area (Å²) in [5.41, 5.74) is 10.3. The molecule has 0 spiro atoms. The lowest BCUT2D eigenvalue weighted by Gasteiger charge is -2.32. The number of sulfone groups is 1. The first-order chi connectivity index (χ1) is 21.3. The molecule has 4 heterocycles. The van der Waals surface area contributed by atoms with E-state index in [2.05, 4.69) is 30.6 Å². The zero-order valence-corrected chi connectivity index (χ0v) is 26.3. The van der Waals surface area contributed by atoms with Gasteiger partial charge in [-0.1, -0.05) is 36.4 Å². The van der Waals surface area contributed by atoms with E-state index in [0.717, 1.165) is 23.1 Å². The average Bonchev–Trinajstić information content (AvgIpc) is 3.63. The van der Waals surface area contributed by atoms with E-state index in [4.69, 9.17) is 10.7 Å². The predicted octanol–water partition coefficient (Wildman–Crippen LogP) is 3.39. The van der Waals surface area contributed by atoms with Gasteiger partial charge in [0.05, 0.1) is 17.6 Å². The van der Waals surface area contributed by atoms with Crippen LogP contribution in [0.4, 0.5) is 11.8 Å². The van der Waals surface area contributed by atoms with Crippen LogP contribution in [0.5, 0.6) is 0 Å². The number of carbonyl (C=O) groups excluding carboxylic acids is 2. The molecule has 1 unspecified atom stereocenters. The quantitative estimate of drug-likeness (QED) is 0.206.